The van der Waals surface area contributed by atoms with Crippen LogP contribution in [-0.2, 0) is 4.79 Å². The molecule has 3 N–H and O–H groups in total. The van der Waals surface area contributed by atoms with Crippen molar-refractivity contribution in [1.29, 1.82) is 0 Å². The van der Waals surface area contributed by atoms with Crippen LogP contribution in [0.4, 0.5) is 5.69 Å². The van der Waals surface area contributed by atoms with Gasteiger partial charge in [0, 0.05) is 10.9 Å². The van der Waals surface area contributed by atoms with Gasteiger partial charge in [-0.1, -0.05) is 6.07 Å². The summed E-state index contributed by atoms with van der Waals surface area (Å²) in [6.07, 6.45) is 2.25. The summed E-state index contributed by atoms with van der Waals surface area (Å²) < 4.78 is 0.933. The van der Waals surface area contributed by atoms with Gasteiger partial charge in [-0.3, -0.25) is 4.79 Å². The Morgan fingerprint density at radius 1 is 1.35 bits per heavy atom. The highest BCUT2D eigenvalue weighted by molar-refractivity contribution is 9.10. The minimum absolute atomic E-state index is 0.0473. The van der Waals surface area contributed by atoms with Crippen LogP contribution in [0.25, 0.3) is 0 Å². The molecule has 0 aliphatic carbocycles. The molecule has 1 amide bonds. The zero-order valence-corrected chi connectivity index (χ0v) is 11.9. The van der Waals surface area contributed by atoms with Crippen molar-refractivity contribution in [2.24, 2.45) is 5.73 Å². The van der Waals surface area contributed by atoms with Crippen LogP contribution in [0.5, 0.6) is 0 Å². The third-order valence-electron chi connectivity index (χ3n) is 2.55. The molecule has 0 aromatic heterocycles. The number of nitrogens with two attached hydrogens (primary N) is 1. The molecular formula is C13H19BrN2O. The van der Waals surface area contributed by atoms with Crippen LogP contribution in [0.2, 0.25) is 0 Å². The van der Waals surface area contributed by atoms with E-state index in [1.54, 1.807) is 0 Å². The number of unbranched alkanes of at least 4 members (excludes halogenated alkanes) is 1. The lowest BCUT2D eigenvalue weighted by atomic mass is 10.1. The molecule has 1 aromatic carbocycles. The Labute approximate surface area is 111 Å². The highest BCUT2D eigenvalue weighted by Crippen LogP contribution is 2.27. The second-order valence-corrected chi connectivity index (χ2v) is 5.09. The second-order valence-electron chi connectivity index (χ2n) is 4.23. The molecule has 0 saturated carbocycles. The average molecular weight is 299 g/mol. The molecule has 0 bridgehead atoms. The van der Waals surface area contributed by atoms with Crippen molar-refractivity contribution < 1.29 is 4.79 Å². The van der Waals surface area contributed by atoms with E-state index < -0.39 is 0 Å². The minimum atomic E-state index is 0.0473. The summed E-state index contributed by atoms with van der Waals surface area (Å²) in [5.74, 6) is 0.0473. The number of amides is 1. The molecule has 0 spiro atoms. The van der Waals surface area contributed by atoms with Crippen molar-refractivity contribution in [3.63, 3.8) is 0 Å². The van der Waals surface area contributed by atoms with Crippen LogP contribution in [0, 0.1) is 13.8 Å². The molecule has 17 heavy (non-hydrogen) atoms. The largest absolute Gasteiger partial charge is 0.330 e. The second kappa shape index (κ2) is 6.77. The predicted molar refractivity (Wildman–Crippen MR) is 75.2 cm³/mol. The normalized spacial score (nSPS) is 10.4. The van der Waals surface area contributed by atoms with E-state index in [4.69, 9.17) is 5.73 Å². The molecule has 1 rings (SSSR count). The summed E-state index contributed by atoms with van der Waals surface area (Å²) in [4.78, 5) is 11.7. The van der Waals surface area contributed by atoms with E-state index in [-0.39, 0.29) is 5.91 Å². The summed E-state index contributed by atoms with van der Waals surface area (Å²) in [7, 11) is 0. The first-order valence-corrected chi connectivity index (χ1v) is 6.60. The SMILES string of the molecule is Cc1cc(C)c(NC(=O)CCCCN)c(Br)c1. The quantitative estimate of drug-likeness (QED) is 0.821. The molecule has 0 aliphatic rings. The summed E-state index contributed by atoms with van der Waals surface area (Å²) in [6, 6.07) is 4.06. The lowest BCUT2D eigenvalue weighted by Crippen LogP contribution is -2.13. The topological polar surface area (TPSA) is 55.1 Å². The van der Waals surface area contributed by atoms with Gasteiger partial charge in [0.15, 0.2) is 0 Å². The van der Waals surface area contributed by atoms with Crippen LogP contribution < -0.4 is 11.1 Å². The van der Waals surface area contributed by atoms with E-state index in [2.05, 4.69) is 27.3 Å². The molecular weight excluding hydrogens is 280 g/mol. The van der Waals surface area contributed by atoms with E-state index in [0.717, 1.165) is 28.6 Å². The standard InChI is InChI=1S/C13H19BrN2O/c1-9-7-10(2)13(11(14)8-9)16-12(17)5-3-4-6-15/h7-8H,3-6,15H2,1-2H3,(H,16,17). The third kappa shape index (κ3) is 4.48. The molecule has 1 aromatic rings. The lowest BCUT2D eigenvalue weighted by Gasteiger charge is -2.11. The predicted octanol–water partition coefficient (Wildman–Crippen LogP) is 3.13. The molecule has 0 aliphatic heterocycles. The van der Waals surface area contributed by atoms with Gasteiger partial charge in [-0.2, -0.15) is 0 Å². The number of aryl methyl sites for hydroxylation is 2. The van der Waals surface area contributed by atoms with Crippen molar-refractivity contribution in [2.45, 2.75) is 33.1 Å². The minimum Gasteiger partial charge on any atom is -0.330 e. The molecule has 0 atom stereocenters. The molecule has 94 valence electrons. The maximum atomic E-state index is 11.7. The zero-order chi connectivity index (χ0) is 12.8. The van der Waals surface area contributed by atoms with E-state index in [9.17, 15) is 4.79 Å². The van der Waals surface area contributed by atoms with Crippen molar-refractivity contribution in [1.82, 2.24) is 0 Å². The number of hydrogen-bond acceptors (Lipinski definition) is 2. The van der Waals surface area contributed by atoms with Crippen molar-refractivity contribution in [2.75, 3.05) is 11.9 Å². The Bertz CT molecular complexity index is 381. The Morgan fingerprint density at radius 3 is 2.65 bits per heavy atom. The van der Waals surface area contributed by atoms with Gasteiger partial charge in [0.1, 0.15) is 0 Å². The Balaban J connectivity index is 2.65. The molecule has 3 nitrogen and oxygen atoms in total. The lowest BCUT2D eigenvalue weighted by molar-refractivity contribution is -0.116. The fourth-order valence-electron chi connectivity index (χ4n) is 1.71. The molecule has 0 radical (unpaired) electrons. The first kappa shape index (κ1) is 14.2. The highest BCUT2D eigenvalue weighted by Gasteiger charge is 2.08. The maximum absolute atomic E-state index is 11.7. The van der Waals surface area contributed by atoms with Crippen molar-refractivity contribution in [3.05, 3.63) is 27.7 Å². The number of hydrogen-bond donors (Lipinski definition) is 2. The van der Waals surface area contributed by atoms with Gasteiger partial charge >= 0.3 is 0 Å². The Kier molecular flexibility index (Phi) is 5.65. The number of halogens is 1. The van der Waals surface area contributed by atoms with Gasteiger partial charge in [-0.15, -0.1) is 0 Å². The van der Waals surface area contributed by atoms with Crippen LogP contribution in [0.1, 0.15) is 30.4 Å². The molecule has 0 heterocycles. The first-order valence-electron chi connectivity index (χ1n) is 5.81. The first-order chi connectivity index (χ1) is 8.04. The van der Waals surface area contributed by atoms with Gasteiger partial charge in [0.05, 0.1) is 5.69 Å². The molecule has 0 fully saturated rings. The molecule has 0 unspecified atom stereocenters. The highest BCUT2D eigenvalue weighted by atomic mass is 79.9. The molecule has 0 saturated heterocycles. The Morgan fingerprint density at radius 2 is 2.06 bits per heavy atom. The fraction of sp³-hybridized carbons (Fsp3) is 0.462. The van der Waals surface area contributed by atoms with Gasteiger partial charge < -0.3 is 11.1 Å². The zero-order valence-electron chi connectivity index (χ0n) is 10.3. The van der Waals surface area contributed by atoms with Gasteiger partial charge in [0.2, 0.25) is 5.91 Å². The van der Waals surface area contributed by atoms with E-state index >= 15 is 0 Å². The number of carbonyl (C=O) groups excluding carboxylic acids is 1. The Hall–Kier alpha value is -0.870. The van der Waals surface area contributed by atoms with Gasteiger partial charge in [-0.25, -0.2) is 0 Å². The number of rotatable bonds is 5. The average Bonchev–Trinajstić information content (AvgIpc) is 2.24. The van der Waals surface area contributed by atoms with Crippen LogP contribution in [-0.4, -0.2) is 12.5 Å². The van der Waals surface area contributed by atoms with Gasteiger partial charge in [0.25, 0.3) is 0 Å². The van der Waals surface area contributed by atoms with Crippen molar-refractivity contribution >= 4 is 27.5 Å². The summed E-state index contributed by atoms with van der Waals surface area (Å²) >= 11 is 3.47. The van der Waals surface area contributed by atoms with E-state index in [0.29, 0.717) is 13.0 Å². The summed E-state index contributed by atoms with van der Waals surface area (Å²) in [6.45, 7) is 4.67. The fourth-order valence-corrected chi connectivity index (χ4v) is 2.48. The van der Waals surface area contributed by atoms with Crippen molar-refractivity contribution in [3.8, 4) is 0 Å². The van der Waals surface area contributed by atoms with Crippen LogP contribution in [0.3, 0.4) is 0 Å². The number of anilines is 1. The van der Waals surface area contributed by atoms with E-state index in [1.165, 1.54) is 5.56 Å². The smallest absolute Gasteiger partial charge is 0.224 e. The third-order valence-corrected chi connectivity index (χ3v) is 3.18. The number of carbonyl (C=O) groups is 1. The van der Waals surface area contributed by atoms with Gasteiger partial charge in [-0.05, 0) is 66.4 Å². The number of benzene rings is 1. The number of nitrogens with one attached hydrogen (secondary N) is 1. The summed E-state index contributed by atoms with van der Waals surface area (Å²) in [5, 5.41) is 2.94. The maximum Gasteiger partial charge on any atom is 0.224 e. The van der Waals surface area contributed by atoms with Crippen LogP contribution >= 0.6 is 15.9 Å². The van der Waals surface area contributed by atoms with Crippen LogP contribution in [0.15, 0.2) is 16.6 Å². The molecule has 4 heteroatoms. The monoisotopic (exact) mass is 298 g/mol. The van der Waals surface area contributed by atoms with E-state index in [1.807, 2.05) is 19.9 Å². The summed E-state index contributed by atoms with van der Waals surface area (Å²) in [5.41, 5.74) is 8.51.